The smallest absolute Gasteiger partial charge is 0.331 e. The van der Waals surface area contributed by atoms with Gasteiger partial charge in [-0.1, -0.05) is 24.3 Å². The van der Waals surface area contributed by atoms with E-state index in [1.807, 2.05) is 30.5 Å². The molecule has 7 nitrogen and oxygen atoms in total. The number of ether oxygens (including phenoxy) is 1. The molecule has 0 radical (unpaired) electrons. The highest BCUT2D eigenvalue weighted by Crippen LogP contribution is 2.23. The van der Waals surface area contributed by atoms with E-state index in [1.54, 1.807) is 23.9 Å². The number of carbonyl (C=O) groups excluding carboxylic acids is 2. The Labute approximate surface area is 160 Å². The number of nitrogens with zero attached hydrogens (tertiary/aromatic N) is 1. The van der Waals surface area contributed by atoms with Crippen molar-refractivity contribution in [2.75, 3.05) is 11.6 Å². The topological polar surface area (TPSA) is 98.5 Å². The first-order valence-corrected chi connectivity index (χ1v) is 9.20. The summed E-state index contributed by atoms with van der Waals surface area (Å²) in [6, 6.07) is 13.3. The summed E-state index contributed by atoms with van der Waals surface area (Å²) in [6.07, 6.45) is 3.67. The average molecular weight is 386 g/mol. The zero-order valence-electron chi connectivity index (χ0n) is 14.7. The number of hydrogen-bond acceptors (Lipinski definition) is 6. The first-order chi connectivity index (χ1) is 12.9. The van der Waals surface area contributed by atoms with E-state index in [-0.39, 0.29) is 11.4 Å². The molecular formula is C19H18N2O5S. The lowest BCUT2D eigenvalue weighted by Crippen LogP contribution is -2.29. The molecule has 140 valence electrons. The summed E-state index contributed by atoms with van der Waals surface area (Å²) in [5, 5.41) is 13.4. The van der Waals surface area contributed by atoms with E-state index in [9.17, 15) is 19.7 Å². The molecule has 0 bridgehead atoms. The van der Waals surface area contributed by atoms with Gasteiger partial charge in [0.25, 0.3) is 11.6 Å². The molecule has 0 saturated carbocycles. The highest BCUT2D eigenvalue weighted by molar-refractivity contribution is 7.98. The number of rotatable bonds is 7. The number of nitro groups is 1. The summed E-state index contributed by atoms with van der Waals surface area (Å²) < 4.78 is 5.04. The van der Waals surface area contributed by atoms with Crippen LogP contribution in [0.15, 0.2) is 59.5 Å². The van der Waals surface area contributed by atoms with Gasteiger partial charge in [0.15, 0.2) is 6.10 Å². The Bertz CT molecular complexity index is 865. The predicted octanol–water partition coefficient (Wildman–Crippen LogP) is 3.90. The van der Waals surface area contributed by atoms with Gasteiger partial charge in [-0.25, -0.2) is 4.79 Å². The number of hydrogen-bond donors (Lipinski definition) is 1. The fourth-order valence-corrected chi connectivity index (χ4v) is 2.53. The third kappa shape index (κ3) is 5.96. The van der Waals surface area contributed by atoms with E-state index >= 15 is 0 Å². The third-order valence-corrected chi connectivity index (χ3v) is 4.29. The summed E-state index contributed by atoms with van der Waals surface area (Å²) in [6.45, 7) is 1.39. The van der Waals surface area contributed by atoms with Crippen molar-refractivity contribution in [1.29, 1.82) is 0 Å². The van der Waals surface area contributed by atoms with Crippen molar-refractivity contribution in [3.63, 3.8) is 0 Å². The minimum atomic E-state index is -1.11. The van der Waals surface area contributed by atoms with E-state index in [2.05, 4.69) is 5.32 Å². The molecule has 0 fully saturated rings. The van der Waals surface area contributed by atoms with Crippen LogP contribution < -0.4 is 5.32 Å². The fourth-order valence-electron chi connectivity index (χ4n) is 2.12. The van der Waals surface area contributed by atoms with Gasteiger partial charge in [-0.2, -0.15) is 0 Å². The highest BCUT2D eigenvalue weighted by Gasteiger charge is 2.20. The Kier molecular flexibility index (Phi) is 7.13. The Morgan fingerprint density at radius 3 is 2.48 bits per heavy atom. The summed E-state index contributed by atoms with van der Waals surface area (Å²) in [4.78, 5) is 35.5. The van der Waals surface area contributed by atoms with Crippen LogP contribution >= 0.6 is 11.8 Å². The fraction of sp³-hybridized carbons (Fsp3) is 0.158. The van der Waals surface area contributed by atoms with Crippen LogP contribution in [0.2, 0.25) is 0 Å². The van der Waals surface area contributed by atoms with Crippen LogP contribution in [0.1, 0.15) is 12.5 Å². The molecule has 0 aliphatic carbocycles. The predicted molar refractivity (Wildman–Crippen MR) is 105 cm³/mol. The SMILES string of the molecule is CSc1ccc(/C=C/C(=O)O[C@@H](C)C(=O)Nc2ccccc2[N+](=O)[O-])cc1. The Morgan fingerprint density at radius 1 is 1.19 bits per heavy atom. The summed E-state index contributed by atoms with van der Waals surface area (Å²) in [5.41, 5.74) is 0.625. The molecule has 1 N–H and O–H groups in total. The molecule has 0 aliphatic rings. The molecule has 0 spiro atoms. The van der Waals surface area contributed by atoms with Crippen molar-refractivity contribution in [3.8, 4) is 0 Å². The quantitative estimate of drug-likeness (QED) is 0.255. The minimum absolute atomic E-state index is 0.0415. The first-order valence-electron chi connectivity index (χ1n) is 7.97. The molecule has 0 unspecified atom stereocenters. The van der Waals surface area contributed by atoms with Gasteiger partial charge in [0.1, 0.15) is 5.69 Å². The van der Waals surface area contributed by atoms with Gasteiger partial charge in [0.05, 0.1) is 4.92 Å². The lowest BCUT2D eigenvalue weighted by Gasteiger charge is -2.12. The van der Waals surface area contributed by atoms with E-state index in [0.29, 0.717) is 0 Å². The molecule has 0 aromatic heterocycles. The number of esters is 1. The number of nitrogens with one attached hydrogen (secondary N) is 1. The van der Waals surface area contributed by atoms with Crippen molar-refractivity contribution in [2.45, 2.75) is 17.9 Å². The van der Waals surface area contributed by atoms with Crippen LogP contribution in [-0.2, 0) is 14.3 Å². The molecule has 1 atom stereocenters. The molecule has 0 aliphatic heterocycles. The van der Waals surface area contributed by atoms with Crippen LogP contribution in [0.5, 0.6) is 0 Å². The van der Waals surface area contributed by atoms with E-state index in [0.717, 1.165) is 10.5 Å². The molecule has 0 heterocycles. The van der Waals surface area contributed by atoms with Gasteiger partial charge in [-0.3, -0.25) is 14.9 Å². The standard InChI is InChI=1S/C19H18N2O5S/c1-13(19(23)20-16-5-3-4-6-17(16)21(24)25)26-18(22)12-9-14-7-10-15(27-2)11-8-14/h3-13H,1-2H3,(H,20,23)/b12-9+/t13-/m0/s1. The Morgan fingerprint density at radius 2 is 1.85 bits per heavy atom. The molecule has 0 saturated heterocycles. The molecule has 2 aromatic carbocycles. The second-order valence-corrected chi connectivity index (χ2v) is 6.33. The lowest BCUT2D eigenvalue weighted by molar-refractivity contribution is -0.383. The zero-order chi connectivity index (χ0) is 19.8. The Hall–Kier alpha value is -3.13. The average Bonchev–Trinajstić information content (AvgIpc) is 2.67. The zero-order valence-corrected chi connectivity index (χ0v) is 15.6. The first kappa shape index (κ1) is 20.2. The molecule has 2 aromatic rings. The molecule has 27 heavy (non-hydrogen) atoms. The number of anilines is 1. The second-order valence-electron chi connectivity index (χ2n) is 5.45. The number of carbonyl (C=O) groups is 2. The van der Waals surface area contributed by atoms with E-state index < -0.39 is 22.9 Å². The largest absolute Gasteiger partial charge is 0.449 e. The maximum Gasteiger partial charge on any atom is 0.331 e. The van der Waals surface area contributed by atoms with E-state index in [1.165, 1.54) is 31.2 Å². The third-order valence-electron chi connectivity index (χ3n) is 3.55. The summed E-state index contributed by atoms with van der Waals surface area (Å²) in [7, 11) is 0. The molecular weight excluding hydrogens is 368 g/mol. The van der Waals surface area contributed by atoms with Gasteiger partial charge < -0.3 is 10.1 Å². The molecule has 2 rings (SSSR count). The summed E-state index contributed by atoms with van der Waals surface area (Å²) in [5.74, 6) is -1.34. The number of nitro benzene ring substituents is 1. The number of amides is 1. The van der Waals surface area contributed by atoms with Crippen molar-refractivity contribution in [3.05, 3.63) is 70.3 Å². The van der Waals surface area contributed by atoms with Crippen LogP contribution in [0.4, 0.5) is 11.4 Å². The molecule has 1 amide bonds. The highest BCUT2D eigenvalue weighted by atomic mass is 32.2. The van der Waals surface area contributed by atoms with Crippen LogP contribution in [-0.4, -0.2) is 29.2 Å². The lowest BCUT2D eigenvalue weighted by atomic mass is 10.2. The van der Waals surface area contributed by atoms with Crippen molar-refractivity contribution in [1.82, 2.24) is 0 Å². The van der Waals surface area contributed by atoms with E-state index in [4.69, 9.17) is 4.74 Å². The van der Waals surface area contributed by atoms with Gasteiger partial charge in [-0.05, 0) is 43.0 Å². The van der Waals surface area contributed by atoms with Crippen molar-refractivity contribution in [2.24, 2.45) is 0 Å². The van der Waals surface area contributed by atoms with Crippen molar-refractivity contribution >= 4 is 41.1 Å². The van der Waals surface area contributed by atoms with Crippen molar-refractivity contribution < 1.29 is 19.2 Å². The van der Waals surface area contributed by atoms with Crippen LogP contribution in [0.25, 0.3) is 6.08 Å². The summed E-state index contributed by atoms with van der Waals surface area (Å²) >= 11 is 1.61. The van der Waals surface area contributed by atoms with Crippen LogP contribution in [0.3, 0.4) is 0 Å². The maximum absolute atomic E-state index is 12.1. The number of thioether (sulfide) groups is 1. The minimum Gasteiger partial charge on any atom is -0.449 e. The van der Waals surface area contributed by atoms with Gasteiger partial charge in [0.2, 0.25) is 0 Å². The Balaban J connectivity index is 1.94. The van der Waals surface area contributed by atoms with Gasteiger partial charge >= 0.3 is 5.97 Å². The van der Waals surface area contributed by atoms with Gasteiger partial charge in [0, 0.05) is 17.0 Å². The maximum atomic E-state index is 12.1. The van der Waals surface area contributed by atoms with Crippen LogP contribution in [0, 0.1) is 10.1 Å². The number of benzene rings is 2. The monoisotopic (exact) mass is 386 g/mol. The second kappa shape index (κ2) is 9.54. The molecule has 8 heteroatoms. The van der Waals surface area contributed by atoms with Gasteiger partial charge in [-0.15, -0.1) is 11.8 Å². The normalized spacial score (nSPS) is 11.8. The number of para-hydroxylation sites is 2.